The van der Waals surface area contributed by atoms with Crippen LogP contribution in [0.4, 0.5) is 0 Å². The lowest BCUT2D eigenvalue weighted by atomic mass is 9.99. The molecule has 1 rings (SSSR count). The highest BCUT2D eigenvalue weighted by molar-refractivity contribution is 9.10. The third-order valence-corrected chi connectivity index (χ3v) is 3.40. The van der Waals surface area contributed by atoms with Gasteiger partial charge in [0.1, 0.15) is 11.7 Å². The van der Waals surface area contributed by atoms with Gasteiger partial charge >= 0.3 is 5.97 Å². The van der Waals surface area contributed by atoms with Crippen molar-refractivity contribution in [2.24, 2.45) is 13.0 Å². The van der Waals surface area contributed by atoms with E-state index < -0.39 is 12.0 Å². The molecule has 2 atom stereocenters. The van der Waals surface area contributed by atoms with Crippen LogP contribution in [-0.2, 0) is 11.8 Å². The van der Waals surface area contributed by atoms with Gasteiger partial charge in [0, 0.05) is 17.7 Å². The Bertz CT molecular complexity index is 456. The second-order valence-corrected chi connectivity index (χ2v) is 5.25. The Labute approximate surface area is 114 Å². The normalized spacial score (nSPS) is 14.0. The van der Waals surface area contributed by atoms with Crippen LogP contribution in [-0.4, -0.2) is 27.6 Å². The Balaban J connectivity index is 2.85. The molecular weight excluding hydrogens is 300 g/mol. The van der Waals surface area contributed by atoms with Gasteiger partial charge in [0.15, 0.2) is 0 Å². The molecule has 2 N–H and O–H groups in total. The van der Waals surface area contributed by atoms with Crippen LogP contribution in [0.15, 0.2) is 16.7 Å². The number of amides is 1. The number of hydrogen-bond donors (Lipinski definition) is 2. The highest BCUT2D eigenvalue weighted by atomic mass is 79.9. The molecule has 18 heavy (non-hydrogen) atoms. The summed E-state index contributed by atoms with van der Waals surface area (Å²) in [5.41, 5.74) is 0.427. The zero-order valence-corrected chi connectivity index (χ0v) is 12.2. The second kappa shape index (κ2) is 6.04. The summed E-state index contributed by atoms with van der Waals surface area (Å²) in [7, 11) is 1.73. The molecule has 0 spiro atoms. The van der Waals surface area contributed by atoms with Crippen molar-refractivity contribution in [3.8, 4) is 0 Å². The minimum atomic E-state index is -1.01. The number of carboxylic acids is 1. The number of carbonyl (C=O) groups excluding carboxylic acids is 1. The van der Waals surface area contributed by atoms with E-state index in [1.54, 1.807) is 30.8 Å². The first-order valence-corrected chi connectivity index (χ1v) is 6.51. The third kappa shape index (κ3) is 3.35. The molecule has 1 heterocycles. The highest BCUT2D eigenvalue weighted by Crippen LogP contribution is 2.15. The summed E-state index contributed by atoms with van der Waals surface area (Å²) in [5.74, 6) is -1.50. The van der Waals surface area contributed by atoms with E-state index >= 15 is 0 Å². The van der Waals surface area contributed by atoms with Crippen LogP contribution in [0.5, 0.6) is 0 Å². The van der Waals surface area contributed by atoms with E-state index in [1.165, 1.54) is 0 Å². The number of nitrogens with one attached hydrogen (secondary N) is 1. The molecule has 100 valence electrons. The fourth-order valence-corrected chi connectivity index (χ4v) is 2.17. The van der Waals surface area contributed by atoms with E-state index in [0.29, 0.717) is 12.1 Å². The van der Waals surface area contributed by atoms with Gasteiger partial charge < -0.3 is 15.0 Å². The number of aliphatic carboxylic acids is 1. The van der Waals surface area contributed by atoms with Gasteiger partial charge in [0.05, 0.1) is 0 Å². The Morgan fingerprint density at radius 2 is 2.17 bits per heavy atom. The monoisotopic (exact) mass is 316 g/mol. The van der Waals surface area contributed by atoms with Crippen molar-refractivity contribution < 1.29 is 14.7 Å². The smallest absolute Gasteiger partial charge is 0.326 e. The molecule has 0 saturated carbocycles. The van der Waals surface area contributed by atoms with Gasteiger partial charge in [0.25, 0.3) is 5.91 Å². The third-order valence-electron chi connectivity index (χ3n) is 2.97. The first kappa shape index (κ1) is 14.8. The average molecular weight is 317 g/mol. The summed E-state index contributed by atoms with van der Waals surface area (Å²) in [6.45, 7) is 3.70. The van der Waals surface area contributed by atoms with Crippen molar-refractivity contribution in [1.82, 2.24) is 9.88 Å². The van der Waals surface area contributed by atoms with Gasteiger partial charge in [0.2, 0.25) is 0 Å². The van der Waals surface area contributed by atoms with Gasteiger partial charge in [-0.05, 0) is 27.9 Å². The van der Waals surface area contributed by atoms with Crippen molar-refractivity contribution in [1.29, 1.82) is 0 Å². The largest absolute Gasteiger partial charge is 0.480 e. The lowest BCUT2D eigenvalue weighted by molar-refractivity contribution is -0.140. The molecule has 1 amide bonds. The number of hydrogen-bond acceptors (Lipinski definition) is 2. The van der Waals surface area contributed by atoms with Crippen LogP contribution in [0.3, 0.4) is 0 Å². The molecule has 0 bridgehead atoms. The number of halogens is 1. The number of aromatic nitrogens is 1. The van der Waals surface area contributed by atoms with Crippen molar-refractivity contribution >= 4 is 27.8 Å². The van der Waals surface area contributed by atoms with Crippen LogP contribution in [0.2, 0.25) is 0 Å². The first-order valence-electron chi connectivity index (χ1n) is 5.72. The number of carbonyl (C=O) groups is 2. The van der Waals surface area contributed by atoms with Crippen molar-refractivity contribution in [2.45, 2.75) is 26.3 Å². The van der Waals surface area contributed by atoms with Gasteiger partial charge in [-0.25, -0.2) is 4.79 Å². The Kier molecular flexibility index (Phi) is 4.95. The molecule has 5 nitrogen and oxygen atoms in total. The zero-order chi connectivity index (χ0) is 13.9. The summed E-state index contributed by atoms with van der Waals surface area (Å²) in [6.07, 6.45) is 2.43. The maximum atomic E-state index is 12.0. The minimum absolute atomic E-state index is 0.116. The molecule has 0 fully saturated rings. The van der Waals surface area contributed by atoms with Gasteiger partial charge in [-0.2, -0.15) is 0 Å². The maximum absolute atomic E-state index is 12.0. The standard InChI is InChI=1S/C12H17BrN2O3/c1-4-7(2)10(12(17)18)14-11(16)9-5-8(13)6-15(9)3/h5-7,10H,4H2,1-3H3,(H,14,16)(H,17,18)/t7?,10-/m0/s1. The van der Waals surface area contributed by atoms with Gasteiger partial charge in [-0.1, -0.05) is 20.3 Å². The predicted octanol–water partition coefficient (Wildman–Crippen LogP) is 2.02. The SMILES string of the molecule is CCC(C)[C@H](NC(=O)c1cc(Br)cn1C)C(=O)O. The fourth-order valence-electron chi connectivity index (χ4n) is 1.65. The van der Waals surface area contributed by atoms with Crippen LogP contribution in [0.25, 0.3) is 0 Å². The molecule has 1 aromatic heterocycles. The number of carboxylic acid groups (broad SMARTS) is 1. The molecule has 0 aliphatic heterocycles. The van der Waals surface area contributed by atoms with E-state index in [1.807, 2.05) is 6.92 Å². The summed E-state index contributed by atoms with van der Waals surface area (Å²) in [4.78, 5) is 23.1. The maximum Gasteiger partial charge on any atom is 0.326 e. The summed E-state index contributed by atoms with van der Waals surface area (Å²) >= 11 is 3.27. The van der Waals surface area contributed by atoms with Crippen LogP contribution in [0, 0.1) is 5.92 Å². The molecule has 0 aromatic carbocycles. The molecule has 1 unspecified atom stereocenters. The van der Waals surface area contributed by atoms with Crippen molar-refractivity contribution in [3.63, 3.8) is 0 Å². The molecule has 0 radical (unpaired) electrons. The lowest BCUT2D eigenvalue weighted by Crippen LogP contribution is -2.45. The zero-order valence-electron chi connectivity index (χ0n) is 10.6. The van der Waals surface area contributed by atoms with E-state index in [4.69, 9.17) is 5.11 Å². The number of rotatable bonds is 5. The number of nitrogens with zero attached hydrogens (tertiary/aromatic N) is 1. The minimum Gasteiger partial charge on any atom is -0.480 e. The molecular formula is C12H17BrN2O3. The van der Waals surface area contributed by atoms with E-state index in [2.05, 4.69) is 21.2 Å². The second-order valence-electron chi connectivity index (χ2n) is 4.33. The molecule has 6 heteroatoms. The summed E-state index contributed by atoms with van der Waals surface area (Å²) in [6, 6.07) is 0.793. The van der Waals surface area contributed by atoms with Crippen LogP contribution >= 0.6 is 15.9 Å². The Morgan fingerprint density at radius 1 is 1.56 bits per heavy atom. The first-order chi connectivity index (χ1) is 8.36. The molecule has 0 aliphatic rings. The lowest BCUT2D eigenvalue weighted by Gasteiger charge is -2.20. The van der Waals surface area contributed by atoms with E-state index in [0.717, 1.165) is 4.47 Å². The molecule has 0 aliphatic carbocycles. The van der Waals surface area contributed by atoms with Crippen molar-refractivity contribution in [3.05, 3.63) is 22.4 Å². The Morgan fingerprint density at radius 3 is 2.56 bits per heavy atom. The highest BCUT2D eigenvalue weighted by Gasteiger charge is 2.26. The van der Waals surface area contributed by atoms with Crippen LogP contribution in [0.1, 0.15) is 30.8 Å². The topological polar surface area (TPSA) is 71.3 Å². The number of aryl methyl sites for hydroxylation is 1. The Hall–Kier alpha value is -1.30. The fraction of sp³-hybridized carbons (Fsp3) is 0.500. The summed E-state index contributed by atoms with van der Waals surface area (Å²) < 4.78 is 2.43. The predicted molar refractivity (Wildman–Crippen MR) is 71.5 cm³/mol. The van der Waals surface area contributed by atoms with Gasteiger partial charge in [-0.15, -0.1) is 0 Å². The van der Waals surface area contributed by atoms with Crippen LogP contribution < -0.4 is 5.32 Å². The average Bonchev–Trinajstić information content (AvgIpc) is 2.63. The quantitative estimate of drug-likeness (QED) is 0.873. The molecule has 0 saturated heterocycles. The van der Waals surface area contributed by atoms with Gasteiger partial charge in [-0.3, -0.25) is 4.79 Å². The molecule has 1 aromatic rings. The van der Waals surface area contributed by atoms with Crippen molar-refractivity contribution in [2.75, 3.05) is 0 Å². The summed E-state index contributed by atoms with van der Waals surface area (Å²) in [5, 5.41) is 11.7. The van der Waals surface area contributed by atoms with E-state index in [9.17, 15) is 9.59 Å². The van der Waals surface area contributed by atoms with E-state index in [-0.39, 0.29) is 11.8 Å².